The average Bonchev–Trinajstić information content (AvgIpc) is 2.78. The average molecular weight is 339 g/mol. The van der Waals surface area contributed by atoms with Crippen molar-refractivity contribution in [3.8, 4) is 0 Å². The largest absolute Gasteiger partial charge is 0.270 e. The van der Waals surface area contributed by atoms with E-state index in [2.05, 4.69) is 0 Å². The van der Waals surface area contributed by atoms with Gasteiger partial charge in [0.05, 0.1) is 10.6 Å². The molecule has 23 heavy (non-hydrogen) atoms. The molecule has 2 aromatic rings. The number of amides is 1. The summed E-state index contributed by atoms with van der Waals surface area (Å²) in [4.78, 5) is 15.1. The molecule has 1 heterocycles. The molecule has 0 atom stereocenters. The number of anilines is 1. The van der Waals surface area contributed by atoms with Gasteiger partial charge in [-0.15, -0.1) is 0 Å². The molecule has 1 saturated heterocycles. The van der Waals surface area contributed by atoms with Gasteiger partial charge in [-0.05, 0) is 49.6 Å². The number of aryl methyl sites for hydroxylation is 3. The molecule has 0 spiro atoms. The molecule has 1 aliphatic heterocycles. The van der Waals surface area contributed by atoms with Gasteiger partial charge < -0.3 is 0 Å². The van der Waals surface area contributed by atoms with Gasteiger partial charge >= 0.3 is 0 Å². The highest BCUT2D eigenvalue weighted by Gasteiger charge is 2.34. The summed E-state index contributed by atoms with van der Waals surface area (Å²) in [7, 11) is 0. The SMILES string of the molecule is Cc1ccc(C=C2SC(=S)N(c3cc(C)ccc3C)C2=O)cc1. The predicted molar refractivity (Wildman–Crippen MR) is 103 cm³/mol. The molecule has 0 saturated carbocycles. The zero-order valence-corrected chi connectivity index (χ0v) is 14.9. The van der Waals surface area contributed by atoms with Gasteiger partial charge in [-0.2, -0.15) is 0 Å². The Balaban J connectivity index is 1.97. The van der Waals surface area contributed by atoms with Crippen LogP contribution in [0.25, 0.3) is 6.08 Å². The molecular weight excluding hydrogens is 322 g/mol. The lowest BCUT2D eigenvalue weighted by molar-refractivity contribution is -0.113. The van der Waals surface area contributed by atoms with Gasteiger partial charge in [0.15, 0.2) is 4.32 Å². The molecule has 1 amide bonds. The second-order valence-electron chi connectivity index (χ2n) is 5.72. The third-order valence-corrected chi connectivity index (χ3v) is 5.08. The molecular formula is C19H17NOS2. The van der Waals surface area contributed by atoms with Crippen LogP contribution in [0, 0.1) is 20.8 Å². The summed E-state index contributed by atoms with van der Waals surface area (Å²) < 4.78 is 0.585. The van der Waals surface area contributed by atoms with E-state index < -0.39 is 0 Å². The Morgan fingerprint density at radius 3 is 2.35 bits per heavy atom. The van der Waals surface area contributed by atoms with Crippen molar-refractivity contribution in [3.63, 3.8) is 0 Å². The lowest BCUT2D eigenvalue weighted by Crippen LogP contribution is -2.28. The van der Waals surface area contributed by atoms with E-state index in [0.717, 1.165) is 22.4 Å². The van der Waals surface area contributed by atoms with Gasteiger partial charge in [0, 0.05) is 0 Å². The molecule has 0 unspecified atom stereocenters. The minimum atomic E-state index is -0.0470. The summed E-state index contributed by atoms with van der Waals surface area (Å²) in [6.07, 6.45) is 1.91. The zero-order chi connectivity index (χ0) is 16.6. The maximum absolute atomic E-state index is 12.8. The number of carbonyl (C=O) groups excluding carboxylic acids is 1. The molecule has 0 bridgehead atoms. The smallest absolute Gasteiger partial charge is 0.268 e. The zero-order valence-electron chi connectivity index (χ0n) is 13.3. The number of carbonyl (C=O) groups is 1. The van der Waals surface area contributed by atoms with Crippen LogP contribution < -0.4 is 4.90 Å². The fourth-order valence-corrected chi connectivity index (χ4v) is 3.73. The van der Waals surface area contributed by atoms with E-state index in [4.69, 9.17) is 12.2 Å². The fraction of sp³-hybridized carbons (Fsp3) is 0.158. The highest BCUT2D eigenvalue weighted by atomic mass is 32.2. The van der Waals surface area contributed by atoms with E-state index in [1.807, 2.05) is 69.3 Å². The lowest BCUT2D eigenvalue weighted by Gasteiger charge is -2.17. The summed E-state index contributed by atoms with van der Waals surface area (Å²) in [6.45, 7) is 6.06. The summed E-state index contributed by atoms with van der Waals surface area (Å²) in [5.74, 6) is -0.0470. The summed E-state index contributed by atoms with van der Waals surface area (Å²) in [5.41, 5.74) is 5.24. The lowest BCUT2D eigenvalue weighted by atomic mass is 10.1. The molecule has 0 radical (unpaired) electrons. The van der Waals surface area contributed by atoms with Crippen LogP contribution in [0.2, 0.25) is 0 Å². The molecule has 116 valence electrons. The Bertz CT molecular complexity index is 822. The molecule has 0 aromatic heterocycles. The van der Waals surface area contributed by atoms with E-state index in [-0.39, 0.29) is 5.91 Å². The van der Waals surface area contributed by atoms with Crippen molar-refractivity contribution in [2.24, 2.45) is 0 Å². The molecule has 0 N–H and O–H groups in total. The van der Waals surface area contributed by atoms with Gasteiger partial charge in [-0.1, -0.05) is 65.9 Å². The van der Waals surface area contributed by atoms with E-state index in [1.54, 1.807) is 4.90 Å². The number of benzene rings is 2. The van der Waals surface area contributed by atoms with Crippen LogP contribution in [-0.4, -0.2) is 10.2 Å². The first-order valence-electron chi connectivity index (χ1n) is 7.37. The van der Waals surface area contributed by atoms with Crippen molar-refractivity contribution in [1.82, 2.24) is 0 Å². The van der Waals surface area contributed by atoms with E-state index >= 15 is 0 Å². The Kier molecular flexibility index (Phi) is 4.37. The van der Waals surface area contributed by atoms with Gasteiger partial charge in [0.25, 0.3) is 5.91 Å². The van der Waals surface area contributed by atoms with Crippen molar-refractivity contribution in [3.05, 3.63) is 69.6 Å². The normalized spacial score (nSPS) is 16.5. The first-order valence-corrected chi connectivity index (χ1v) is 8.60. The van der Waals surface area contributed by atoms with E-state index in [9.17, 15) is 4.79 Å². The maximum atomic E-state index is 12.8. The van der Waals surface area contributed by atoms with Gasteiger partial charge in [0.1, 0.15) is 0 Å². The fourth-order valence-electron chi connectivity index (χ4n) is 2.45. The van der Waals surface area contributed by atoms with Crippen LogP contribution in [0.4, 0.5) is 5.69 Å². The van der Waals surface area contributed by atoms with E-state index in [1.165, 1.54) is 17.3 Å². The van der Waals surface area contributed by atoms with Crippen LogP contribution in [-0.2, 0) is 4.79 Å². The number of nitrogens with zero attached hydrogens (tertiary/aromatic N) is 1. The molecule has 1 fully saturated rings. The third kappa shape index (κ3) is 3.23. The first-order chi connectivity index (χ1) is 11.0. The standard InChI is InChI=1S/C19H17NOS2/c1-12-5-8-15(9-6-12)11-17-18(21)20(19(22)23-17)16-10-13(2)4-7-14(16)3/h4-11H,1-3H3. The summed E-state index contributed by atoms with van der Waals surface area (Å²) >= 11 is 6.80. The number of hydrogen-bond donors (Lipinski definition) is 0. The van der Waals surface area contributed by atoms with Gasteiger partial charge in [-0.25, -0.2) is 0 Å². The Hall–Kier alpha value is -1.91. The van der Waals surface area contributed by atoms with Gasteiger partial charge in [-0.3, -0.25) is 9.69 Å². The monoisotopic (exact) mass is 339 g/mol. The number of rotatable bonds is 2. The van der Waals surface area contributed by atoms with Crippen LogP contribution in [0.5, 0.6) is 0 Å². The highest BCUT2D eigenvalue weighted by molar-refractivity contribution is 8.27. The molecule has 0 aliphatic carbocycles. The predicted octanol–water partition coefficient (Wildman–Crippen LogP) is 5.02. The Morgan fingerprint density at radius 2 is 1.65 bits per heavy atom. The quantitative estimate of drug-likeness (QED) is 0.566. The first kappa shape index (κ1) is 16.0. The highest BCUT2D eigenvalue weighted by Crippen LogP contribution is 2.37. The van der Waals surface area contributed by atoms with Crippen LogP contribution in [0.1, 0.15) is 22.3 Å². The molecule has 2 nitrogen and oxygen atoms in total. The number of thioether (sulfide) groups is 1. The van der Waals surface area contributed by atoms with Crippen LogP contribution in [0.15, 0.2) is 47.4 Å². The van der Waals surface area contributed by atoms with Crippen LogP contribution in [0.3, 0.4) is 0 Å². The number of hydrogen-bond acceptors (Lipinski definition) is 3. The summed E-state index contributed by atoms with van der Waals surface area (Å²) in [5, 5.41) is 0. The van der Waals surface area contributed by atoms with Gasteiger partial charge in [0.2, 0.25) is 0 Å². The molecule has 3 rings (SSSR count). The topological polar surface area (TPSA) is 20.3 Å². The van der Waals surface area contributed by atoms with Crippen molar-refractivity contribution in [2.75, 3.05) is 4.90 Å². The van der Waals surface area contributed by atoms with Crippen LogP contribution >= 0.6 is 24.0 Å². The maximum Gasteiger partial charge on any atom is 0.270 e. The van der Waals surface area contributed by atoms with Crippen molar-refractivity contribution >= 4 is 46.0 Å². The molecule has 2 aromatic carbocycles. The van der Waals surface area contributed by atoms with Crippen molar-refractivity contribution in [2.45, 2.75) is 20.8 Å². The van der Waals surface area contributed by atoms with Crippen molar-refractivity contribution < 1.29 is 4.79 Å². The van der Waals surface area contributed by atoms with Crippen molar-refractivity contribution in [1.29, 1.82) is 0 Å². The second kappa shape index (κ2) is 6.30. The summed E-state index contributed by atoms with van der Waals surface area (Å²) in [6, 6.07) is 14.2. The second-order valence-corrected chi connectivity index (χ2v) is 7.39. The minimum Gasteiger partial charge on any atom is -0.268 e. The molecule has 1 aliphatic rings. The minimum absolute atomic E-state index is 0.0470. The van der Waals surface area contributed by atoms with E-state index in [0.29, 0.717) is 9.23 Å². The Morgan fingerprint density at radius 1 is 1.00 bits per heavy atom. The third-order valence-electron chi connectivity index (χ3n) is 3.77. The number of thiocarbonyl (C=S) groups is 1. The molecule has 4 heteroatoms. The Labute approximate surface area is 146 Å².